The molecule has 2 unspecified atom stereocenters. The SMILES string of the molecule is CC12C(=O)N(Cc3nc(-c4ccccc4)n[nH]3)C(=O)C1[C@H]1C=C[C@@H]2C1. The standard InChI is InChI=1S/C19H18N4O2/c1-19-13-8-7-12(9-13)15(19)17(24)23(18(19)25)10-14-20-16(22-21-14)11-5-3-2-4-6-11/h2-8,12-13,15H,9-10H2,1H3,(H,20,21,22)/t12-,13+,15?,19?/m0/s1. The van der Waals surface area contributed by atoms with E-state index in [4.69, 9.17) is 0 Å². The zero-order valence-corrected chi connectivity index (χ0v) is 13.8. The number of carbonyl (C=O) groups excluding carboxylic acids is 2. The van der Waals surface area contributed by atoms with Gasteiger partial charge in [0.2, 0.25) is 11.8 Å². The largest absolute Gasteiger partial charge is 0.274 e. The third kappa shape index (κ3) is 1.85. The Kier molecular flexibility index (Phi) is 2.84. The van der Waals surface area contributed by atoms with Crippen LogP contribution in [0.3, 0.4) is 0 Å². The minimum absolute atomic E-state index is 0.0676. The highest BCUT2D eigenvalue weighted by Crippen LogP contribution is 2.60. The molecule has 0 spiro atoms. The predicted molar refractivity (Wildman–Crippen MR) is 89.7 cm³/mol. The fraction of sp³-hybridized carbons (Fsp3) is 0.368. The summed E-state index contributed by atoms with van der Waals surface area (Å²) in [7, 11) is 0. The molecular weight excluding hydrogens is 316 g/mol. The molecule has 25 heavy (non-hydrogen) atoms. The van der Waals surface area contributed by atoms with Gasteiger partial charge in [0.05, 0.1) is 17.9 Å². The van der Waals surface area contributed by atoms with Crippen molar-refractivity contribution in [2.24, 2.45) is 23.2 Å². The second-order valence-electron chi connectivity index (χ2n) is 7.35. The van der Waals surface area contributed by atoms with Crippen molar-refractivity contribution >= 4 is 11.8 Å². The maximum atomic E-state index is 13.0. The molecule has 2 aliphatic carbocycles. The number of rotatable bonds is 3. The van der Waals surface area contributed by atoms with Crippen LogP contribution in [0.2, 0.25) is 0 Å². The van der Waals surface area contributed by atoms with Crippen molar-refractivity contribution in [1.29, 1.82) is 0 Å². The van der Waals surface area contributed by atoms with E-state index in [0.717, 1.165) is 12.0 Å². The van der Waals surface area contributed by atoms with E-state index in [1.807, 2.05) is 37.3 Å². The van der Waals surface area contributed by atoms with E-state index in [9.17, 15) is 9.59 Å². The van der Waals surface area contributed by atoms with Gasteiger partial charge in [-0.3, -0.25) is 19.6 Å². The lowest BCUT2D eigenvalue weighted by molar-refractivity contribution is -0.143. The first-order valence-electron chi connectivity index (χ1n) is 8.60. The molecule has 2 fully saturated rings. The van der Waals surface area contributed by atoms with Crippen LogP contribution in [0.5, 0.6) is 0 Å². The van der Waals surface area contributed by atoms with Gasteiger partial charge >= 0.3 is 0 Å². The molecule has 1 saturated heterocycles. The zero-order valence-electron chi connectivity index (χ0n) is 13.8. The number of amides is 2. The fourth-order valence-corrected chi connectivity index (χ4v) is 4.77. The average molecular weight is 334 g/mol. The normalized spacial score (nSPS) is 32.7. The van der Waals surface area contributed by atoms with E-state index in [-0.39, 0.29) is 36.1 Å². The van der Waals surface area contributed by atoms with Gasteiger partial charge in [0.1, 0.15) is 5.82 Å². The average Bonchev–Trinajstić information content (AvgIpc) is 3.37. The summed E-state index contributed by atoms with van der Waals surface area (Å²) in [5, 5.41) is 7.08. The number of H-pyrrole nitrogens is 1. The number of nitrogens with zero attached hydrogens (tertiary/aromatic N) is 3. The van der Waals surface area contributed by atoms with E-state index in [1.165, 1.54) is 4.90 Å². The van der Waals surface area contributed by atoms with Crippen LogP contribution < -0.4 is 0 Å². The molecule has 1 aliphatic heterocycles. The summed E-state index contributed by atoms with van der Waals surface area (Å²) in [6.45, 7) is 2.10. The van der Waals surface area contributed by atoms with Crippen LogP contribution in [0.4, 0.5) is 0 Å². The van der Waals surface area contributed by atoms with Crippen molar-refractivity contribution in [3.05, 3.63) is 48.3 Å². The van der Waals surface area contributed by atoms with Gasteiger partial charge in [-0.25, -0.2) is 4.98 Å². The molecule has 3 aliphatic rings. The lowest BCUT2D eigenvalue weighted by Gasteiger charge is -2.28. The van der Waals surface area contributed by atoms with Crippen LogP contribution in [-0.2, 0) is 16.1 Å². The van der Waals surface area contributed by atoms with Gasteiger partial charge in [-0.1, -0.05) is 42.5 Å². The number of likely N-dealkylation sites (tertiary alicyclic amines) is 1. The number of allylic oxidation sites excluding steroid dienone is 2. The van der Waals surface area contributed by atoms with Crippen molar-refractivity contribution in [2.75, 3.05) is 0 Å². The Labute approximate surface area is 144 Å². The first-order chi connectivity index (χ1) is 12.1. The van der Waals surface area contributed by atoms with Gasteiger partial charge in [-0.2, -0.15) is 5.10 Å². The Morgan fingerprint density at radius 1 is 1.24 bits per heavy atom. The van der Waals surface area contributed by atoms with Gasteiger partial charge in [0.15, 0.2) is 5.82 Å². The minimum Gasteiger partial charge on any atom is -0.274 e. The van der Waals surface area contributed by atoms with Crippen molar-refractivity contribution in [2.45, 2.75) is 19.9 Å². The summed E-state index contributed by atoms with van der Waals surface area (Å²) >= 11 is 0. The molecule has 4 atom stereocenters. The Morgan fingerprint density at radius 3 is 2.80 bits per heavy atom. The van der Waals surface area contributed by atoms with Gasteiger partial charge in [0.25, 0.3) is 0 Å². The number of aromatic amines is 1. The molecule has 1 aromatic carbocycles. The maximum Gasteiger partial charge on any atom is 0.236 e. The Balaban J connectivity index is 1.42. The second kappa shape index (κ2) is 4.88. The Morgan fingerprint density at radius 2 is 2.04 bits per heavy atom. The van der Waals surface area contributed by atoms with Crippen LogP contribution in [0.15, 0.2) is 42.5 Å². The van der Waals surface area contributed by atoms with Gasteiger partial charge < -0.3 is 0 Å². The topological polar surface area (TPSA) is 79.0 Å². The molecule has 5 rings (SSSR count). The smallest absolute Gasteiger partial charge is 0.236 e. The molecule has 6 heteroatoms. The van der Waals surface area contributed by atoms with Gasteiger partial charge in [-0.05, 0) is 25.2 Å². The van der Waals surface area contributed by atoms with Crippen LogP contribution in [-0.4, -0.2) is 31.9 Å². The van der Waals surface area contributed by atoms with Crippen LogP contribution in [0, 0.1) is 23.2 Å². The van der Waals surface area contributed by atoms with Crippen LogP contribution >= 0.6 is 0 Å². The summed E-state index contributed by atoms with van der Waals surface area (Å²) in [5.74, 6) is 1.13. The van der Waals surface area contributed by atoms with Crippen LogP contribution in [0.25, 0.3) is 11.4 Å². The molecule has 0 radical (unpaired) electrons. The molecule has 1 N–H and O–H groups in total. The molecule has 1 aromatic heterocycles. The molecule has 6 nitrogen and oxygen atoms in total. The monoisotopic (exact) mass is 334 g/mol. The summed E-state index contributed by atoms with van der Waals surface area (Å²) in [6, 6.07) is 9.62. The zero-order chi connectivity index (χ0) is 17.2. The summed E-state index contributed by atoms with van der Waals surface area (Å²) in [6.07, 6.45) is 5.14. The van der Waals surface area contributed by atoms with E-state index in [1.54, 1.807) is 0 Å². The van der Waals surface area contributed by atoms with E-state index < -0.39 is 5.41 Å². The third-order valence-corrected chi connectivity index (χ3v) is 6.07. The Bertz CT molecular complexity index is 903. The van der Waals surface area contributed by atoms with Crippen molar-refractivity contribution in [3.63, 3.8) is 0 Å². The first kappa shape index (κ1) is 14.6. The van der Waals surface area contributed by atoms with Gasteiger partial charge in [0, 0.05) is 5.56 Å². The number of aromatic nitrogens is 3. The predicted octanol–water partition coefficient (Wildman–Crippen LogP) is 2.17. The molecule has 2 bridgehead atoms. The fourth-order valence-electron chi connectivity index (χ4n) is 4.77. The minimum atomic E-state index is -0.585. The highest BCUT2D eigenvalue weighted by Gasteiger charge is 2.67. The summed E-state index contributed by atoms with van der Waals surface area (Å²) < 4.78 is 0. The molecule has 2 heterocycles. The lowest BCUT2D eigenvalue weighted by atomic mass is 9.71. The van der Waals surface area contributed by atoms with Gasteiger partial charge in [-0.15, -0.1) is 0 Å². The molecule has 2 amide bonds. The number of hydrogen-bond acceptors (Lipinski definition) is 4. The summed E-state index contributed by atoms with van der Waals surface area (Å²) in [4.78, 5) is 31.7. The van der Waals surface area contributed by atoms with Crippen molar-refractivity contribution in [3.8, 4) is 11.4 Å². The highest BCUT2D eigenvalue weighted by atomic mass is 16.2. The van der Waals surface area contributed by atoms with Crippen LogP contribution in [0.1, 0.15) is 19.2 Å². The number of carbonyl (C=O) groups is 2. The number of imide groups is 1. The van der Waals surface area contributed by atoms with E-state index >= 15 is 0 Å². The molecular formula is C19H18N4O2. The number of fused-ring (bicyclic) bond motifs is 5. The first-order valence-corrected chi connectivity index (χ1v) is 8.60. The number of nitrogens with one attached hydrogen (secondary N) is 1. The third-order valence-electron chi connectivity index (χ3n) is 6.07. The Hall–Kier alpha value is -2.76. The maximum absolute atomic E-state index is 13.0. The molecule has 126 valence electrons. The highest BCUT2D eigenvalue weighted by molar-refractivity contribution is 6.08. The molecule has 1 saturated carbocycles. The van der Waals surface area contributed by atoms with E-state index in [2.05, 4.69) is 27.3 Å². The quantitative estimate of drug-likeness (QED) is 0.689. The number of benzene rings is 1. The second-order valence-corrected chi connectivity index (χ2v) is 7.35. The lowest BCUT2D eigenvalue weighted by Crippen LogP contribution is -2.37. The molecule has 2 aromatic rings. The number of hydrogen-bond donors (Lipinski definition) is 1. The van der Waals surface area contributed by atoms with Crippen molar-refractivity contribution in [1.82, 2.24) is 20.1 Å². The van der Waals surface area contributed by atoms with Crippen molar-refractivity contribution < 1.29 is 9.59 Å². The summed E-state index contributed by atoms with van der Waals surface area (Å²) in [5.41, 5.74) is 0.314. The van der Waals surface area contributed by atoms with E-state index in [0.29, 0.717) is 11.6 Å².